The summed E-state index contributed by atoms with van der Waals surface area (Å²) in [5.74, 6) is -2.68. The van der Waals surface area contributed by atoms with Gasteiger partial charge < -0.3 is 19.7 Å². The first-order valence-electron chi connectivity index (χ1n) is 6.07. The number of fused-ring (bicyclic) bond motifs is 1. The zero-order valence-electron chi connectivity index (χ0n) is 10.9. The third kappa shape index (κ3) is 2.16. The standard InChI is InChI=1S/C11H16N2O6S/c1-4-6(3-12-20(18)19)9(11(16)17)13-8(4)7(5(2)14)10(13)15/h4-5,7-8,12,14H,3H2,1-2H3,(H,16,17)(H,18,19)/p-1/t4-,5+,7+,8+/m0/s1. The summed E-state index contributed by atoms with van der Waals surface area (Å²) in [7, 11) is 0. The number of carbonyl (C=O) groups is 2. The summed E-state index contributed by atoms with van der Waals surface area (Å²) < 4.78 is 23.2. The van der Waals surface area contributed by atoms with Crippen LogP contribution < -0.4 is 4.72 Å². The van der Waals surface area contributed by atoms with Gasteiger partial charge in [0.15, 0.2) is 0 Å². The van der Waals surface area contributed by atoms with Gasteiger partial charge in [-0.1, -0.05) is 6.92 Å². The number of nitrogens with one attached hydrogen (secondary N) is 1. The fourth-order valence-electron chi connectivity index (χ4n) is 3.02. The van der Waals surface area contributed by atoms with Crippen molar-refractivity contribution >= 4 is 23.1 Å². The molecule has 9 heteroatoms. The molecule has 8 nitrogen and oxygen atoms in total. The van der Waals surface area contributed by atoms with Crippen LogP contribution in [0.5, 0.6) is 0 Å². The molecule has 0 bridgehead atoms. The summed E-state index contributed by atoms with van der Waals surface area (Å²) in [6.07, 6.45) is -0.873. The Morgan fingerprint density at radius 1 is 1.60 bits per heavy atom. The van der Waals surface area contributed by atoms with Gasteiger partial charge in [-0.3, -0.25) is 9.00 Å². The number of aliphatic hydroxyl groups is 1. The largest absolute Gasteiger partial charge is 0.760 e. The number of nitrogens with zero attached hydrogens (tertiary/aromatic N) is 1. The van der Waals surface area contributed by atoms with Gasteiger partial charge in [-0.2, -0.15) is 0 Å². The predicted molar refractivity (Wildman–Crippen MR) is 66.6 cm³/mol. The van der Waals surface area contributed by atoms with Crippen molar-refractivity contribution < 1.29 is 28.6 Å². The van der Waals surface area contributed by atoms with Crippen molar-refractivity contribution in [3.05, 3.63) is 11.3 Å². The summed E-state index contributed by atoms with van der Waals surface area (Å²) in [6, 6.07) is -0.425. The number of hydrogen-bond donors (Lipinski definition) is 3. The molecular formula is C11H15N2O6S-. The molecule has 0 aromatic heterocycles. The number of carboxylic acid groups (broad SMARTS) is 1. The number of hydrogen-bond acceptors (Lipinski definition) is 5. The van der Waals surface area contributed by atoms with Gasteiger partial charge >= 0.3 is 5.97 Å². The molecule has 1 saturated heterocycles. The van der Waals surface area contributed by atoms with Crippen LogP contribution in [0.3, 0.4) is 0 Å². The molecule has 0 aliphatic carbocycles. The first-order chi connectivity index (χ1) is 9.27. The van der Waals surface area contributed by atoms with Crippen molar-refractivity contribution in [3.8, 4) is 0 Å². The number of carbonyl (C=O) groups excluding carboxylic acids is 1. The topological polar surface area (TPSA) is 130 Å². The Labute approximate surface area is 117 Å². The van der Waals surface area contributed by atoms with E-state index in [0.29, 0.717) is 5.57 Å². The number of aliphatic carboxylic acids is 1. The third-order valence-electron chi connectivity index (χ3n) is 3.90. The van der Waals surface area contributed by atoms with E-state index < -0.39 is 41.2 Å². The lowest BCUT2D eigenvalue weighted by atomic mass is 9.78. The van der Waals surface area contributed by atoms with E-state index in [1.165, 1.54) is 6.92 Å². The quantitative estimate of drug-likeness (QED) is 0.421. The van der Waals surface area contributed by atoms with E-state index in [1.54, 1.807) is 6.92 Å². The Kier molecular flexibility index (Phi) is 3.96. The molecule has 2 aliphatic rings. The summed E-state index contributed by atoms with van der Waals surface area (Å²) in [5, 5.41) is 18.8. The minimum absolute atomic E-state index is 0.161. The Morgan fingerprint density at radius 3 is 2.65 bits per heavy atom. The van der Waals surface area contributed by atoms with Gasteiger partial charge in [-0.05, 0) is 12.5 Å². The molecular weight excluding hydrogens is 288 g/mol. The van der Waals surface area contributed by atoms with E-state index in [-0.39, 0.29) is 18.2 Å². The van der Waals surface area contributed by atoms with Crippen LogP contribution in [0, 0.1) is 11.8 Å². The molecule has 0 spiro atoms. The SMILES string of the molecule is C[C@@H](O)[C@H]1C(=O)N2C(C(=O)O)=C(CNS(=O)[O-])[C@H](C)[C@H]12. The Morgan fingerprint density at radius 2 is 2.20 bits per heavy atom. The van der Waals surface area contributed by atoms with Crippen LogP contribution in [0.1, 0.15) is 13.8 Å². The predicted octanol–water partition coefficient (Wildman–Crippen LogP) is -1.43. The highest BCUT2D eigenvalue weighted by Gasteiger charge is 2.59. The van der Waals surface area contributed by atoms with Crippen molar-refractivity contribution in [3.63, 3.8) is 0 Å². The Bertz CT molecular complexity index is 517. The number of aliphatic hydroxyl groups excluding tert-OH is 1. The van der Waals surface area contributed by atoms with Crippen molar-refractivity contribution in [2.75, 3.05) is 6.54 Å². The highest BCUT2D eigenvalue weighted by atomic mass is 32.2. The van der Waals surface area contributed by atoms with E-state index in [2.05, 4.69) is 4.72 Å². The zero-order valence-corrected chi connectivity index (χ0v) is 11.7. The molecule has 0 saturated carbocycles. The van der Waals surface area contributed by atoms with Gasteiger partial charge in [-0.25, -0.2) is 9.52 Å². The zero-order chi connectivity index (χ0) is 15.2. The summed E-state index contributed by atoms with van der Waals surface area (Å²) in [6.45, 7) is 3.04. The van der Waals surface area contributed by atoms with Crippen molar-refractivity contribution in [1.82, 2.24) is 9.62 Å². The van der Waals surface area contributed by atoms with E-state index in [4.69, 9.17) is 0 Å². The molecule has 112 valence electrons. The maximum atomic E-state index is 12.0. The smallest absolute Gasteiger partial charge is 0.352 e. The van der Waals surface area contributed by atoms with Crippen LogP contribution in [-0.2, 0) is 20.9 Å². The molecule has 2 heterocycles. The van der Waals surface area contributed by atoms with Crippen LogP contribution in [0.2, 0.25) is 0 Å². The molecule has 3 N–H and O–H groups in total. The normalized spacial score (nSPS) is 31.9. The fourth-order valence-corrected chi connectivity index (χ4v) is 3.29. The number of amides is 1. The molecule has 0 aromatic carbocycles. The van der Waals surface area contributed by atoms with Gasteiger partial charge in [-0.15, -0.1) is 0 Å². The highest BCUT2D eigenvalue weighted by Crippen LogP contribution is 2.46. The maximum Gasteiger partial charge on any atom is 0.352 e. The van der Waals surface area contributed by atoms with Gasteiger partial charge in [0.1, 0.15) is 5.70 Å². The number of rotatable bonds is 5. The van der Waals surface area contributed by atoms with E-state index in [1.807, 2.05) is 0 Å². The average Bonchev–Trinajstić information content (AvgIpc) is 2.56. The Balaban J connectivity index is 2.32. The van der Waals surface area contributed by atoms with Crippen molar-refractivity contribution in [2.45, 2.75) is 26.0 Å². The molecule has 1 amide bonds. The van der Waals surface area contributed by atoms with Gasteiger partial charge in [0.2, 0.25) is 5.91 Å². The molecule has 20 heavy (non-hydrogen) atoms. The lowest BCUT2D eigenvalue weighted by Gasteiger charge is -2.46. The third-order valence-corrected chi connectivity index (χ3v) is 4.28. The maximum absolute atomic E-state index is 12.0. The van der Waals surface area contributed by atoms with Gasteiger partial charge in [0.25, 0.3) is 0 Å². The average molecular weight is 303 g/mol. The van der Waals surface area contributed by atoms with E-state index >= 15 is 0 Å². The number of β-lactam (4-membered cyclic amide) rings is 1. The van der Waals surface area contributed by atoms with Crippen LogP contribution in [0.15, 0.2) is 11.3 Å². The van der Waals surface area contributed by atoms with Crippen LogP contribution in [-0.4, -0.2) is 54.4 Å². The van der Waals surface area contributed by atoms with Gasteiger partial charge in [0, 0.05) is 23.7 Å². The van der Waals surface area contributed by atoms with E-state index in [0.717, 1.165) is 4.90 Å². The second kappa shape index (κ2) is 5.24. The lowest BCUT2D eigenvalue weighted by Crippen LogP contribution is -2.63. The molecule has 0 radical (unpaired) electrons. The summed E-state index contributed by atoms with van der Waals surface area (Å²) >= 11 is -2.51. The molecule has 5 atom stereocenters. The van der Waals surface area contributed by atoms with Crippen molar-refractivity contribution in [2.24, 2.45) is 11.8 Å². The molecule has 2 aliphatic heterocycles. The molecule has 1 fully saturated rings. The van der Waals surface area contributed by atoms with Crippen molar-refractivity contribution in [1.29, 1.82) is 0 Å². The first kappa shape index (κ1) is 15.1. The minimum Gasteiger partial charge on any atom is -0.760 e. The molecule has 0 aromatic rings. The summed E-state index contributed by atoms with van der Waals surface area (Å²) in [5.41, 5.74) is 0.172. The van der Waals surface area contributed by atoms with Gasteiger partial charge in [0.05, 0.1) is 18.1 Å². The monoisotopic (exact) mass is 303 g/mol. The minimum atomic E-state index is -2.51. The second-order valence-electron chi connectivity index (χ2n) is 4.99. The van der Waals surface area contributed by atoms with Crippen LogP contribution in [0.4, 0.5) is 0 Å². The fraction of sp³-hybridized carbons (Fsp3) is 0.636. The van der Waals surface area contributed by atoms with E-state index in [9.17, 15) is 28.6 Å². The summed E-state index contributed by atoms with van der Waals surface area (Å²) in [4.78, 5) is 24.4. The molecule has 1 unspecified atom stereocenters. The Hall–Kier alpha value is -1.29. The number of carboxylic acids is 1. The highest BCUT2D eigenvalue weighted by molar-refractivity contribution is 7.77. The lowest BCUT2D eigenvalue weighted by molar-refractivity contribution is -0.163. The first-order valence-corrected chi connectivity index (χ1v) is 7.15. The second-order valence-corrected chi connectivity index (χ2v) is 5.75. The van der Waals surface area contributed by atoms with Crippen LogP contribution in [0.25, 0.3) is 0 Å². The van der Waals surface area contributed by atoms with Crippen LogP contribution >= 0.6 is 0 Å². The molecule has 2 rings (SSSR count).